The summed E-state index contributed by atoms with van der Waals surface area (Å²) in [5, 5.41) is 4.23. The summed E-state index contributed by atoms with van der Waals surface area (Å²) in [6, 6.07) is 9.15. The predicted molar refractivity (Wildman–Crippen MR) is 114 cm³/mol. The summed E-state index contributed by atoms with van der Waals surface area (Å²) in [4.78, 5) is 12.6. The molecular weight excluding hydrogens is 472 g/mol. The maximum Gasteiger partial charge on any atom is 0.416 e. The first kappa shape index (κ1) is 22.5. The van der Waals surface area contributed by atoms with Gasteiger partial charge in [0.15, 0.2) is 17.5 Å². The van der Waals surface area contributed by atoms with Gasteiger partial charge in [0.2, 0.25) is 0 Å². The molecule has 1 aromatic heterocycles. The molecule has 3 aromatic rings. The van der Waals surface area contributed by atoms with Gasteiger partial charge in [-0.15, -0.1) is 0 Å². The van der Waals surface area contributed by atoms with E-state index in [1.807, 2.05) is 0 Å². The maximum absolute atomic E-state index is 14.2. The summed E-state index contributed by atoms with van der Waals surface area (Å²) in [6.45, 7) is 0.245. The van der Waals surface area contributed by atoms with E-state index in [-0.39, 0.29) is 29.2 Å². The molecule has 0 unspecified atom stereocenters. The molecule has 176 valence electrons. The molecule has 0 saturated heterocycles. The van der Waals surface area contributed by atoms with Gasteiger partial charge in [-0.2, -0.15) is 18.3 Å². The van der Waals surface area contributed by atoms with Crippen molar-refractivity contribution in [2.75, 3.05) is 0 Å². The second-order valence-corrected chi connectivity index (χ2v) is 7.63. The predicted octanol–water partition coefficient (Wildman–Crippen LogP) is 5.99. The first-order valence-corrected chi connectivity index (χ1v) is 10.2. The van der Waals surface area contributed by atoms with Crippen molar-refractivity contribution in [3.63, 3.8) is 0 Å². The SMILES string of the molecule is Fc1cc(C(F)(F)F)ccc1-c1ccc(Cn2cc3nc(-c4cccc(F)c4F)nc-3cn2)cn1. The van der Waals surface area contributed by atoms with E-state index in [0.717, 1.165) is 18.2 Å². The molecule has 3 heterocycles. The largest absolute Gasteiger partial charge is 0.416 e. The Morgan fingerprint density at radius 2 is 1.57 bits per heavy atom. The van der Waals surface area contributed by atoms with Crippen LogP contribution < -0.4 is 0 Å². The van der Waals surface area contributed by atoms with Crippen LogP contribution in [0.5, 0.6) is 0 Å². The van der Waals surface area contributed by atoms with Crippen LogP contribution in [0.1, 0.15) is 11.1 Å². The highest BCUT2D eigenvalue weighted by molar-refractivity contribution is 5.65. The number of fused-ring (bicyclic) bond motifs is 1. The minimum atomic E-state index is -4.64. The quantitative estimate of drug-likeness (QED) is 0.294. The van der Waals surface area contributed by atoms with E-state index in [2.05, 4.69) is 20.1 Å². The van der Waals surface area contributed by atoms with Crippen LogP contribution in [-0.4, -0.2) is 24.7 Å². The fraction of sp³-hybridized carbons (Fsp3) is 0.0833. The molecular formula is C24H13F6N5. The lowest BCUT2D eigenvalue weighted by molar-refractivity contribution is -0.137. The van der Waals surface area contributed by atoms with Gasteiger partial charge in [0.05, 0.1) is 35.8 Å². The molecule has 0 N–H and O–H groups in total. The number of nitrogens with zero attached hydrogens (tertiary/aromatic N) is 5. The lowest BCUT2D eigenvalue weighted by Gasteiger charge is -2.10. The van der Waals surface area contributed by atoms with Gasteiger partial charge in [-0.3, -0.25) is 9.67 Å². The zero-order valence-corrected chi connectivity index (χ0v) is 17.6. The molecule has 0 spiro atoms. The Kier molecular flexibility index (Phi) is 5.46. The summed E-state index contributed by atoms with van der Waals surface area (Å²) >= 11 is 0. The summed E-state index contributed by atoms with van der Waals surface area (Å²) in [6.07, 6.45) is -0.176. The van der Waals surface area contributed by atoms with Crippen molar-refractivity contribution in [3.8, 4) is 34.0 Å². The van der Waals surface area contributed by atoms with Crippen LogP contribution in [0.2, 0.25) is 0 Å². The Hall–Kier alpha value is -4.28. The van der Waals surface area contributed by atoms with E-state index in [0.29, 0.717) is 23.0 Å². The zero-order chi connectivity index (χ0) is 24.7. The van der Waals surface area contributed by atoms with E-state index in [1.165, 1.54) is 35.3 Å². The monoisotopic (exact) mass is 485 g/mol. The highest BCUT2D eigenvalue weighted by Gasteiger charge is 2.31. The molecule has 5 nitrogen and oxygen atoms in total. The van der Waals surface area contributed by atoms with Crippen molar-refractivity contribution in [1.82, 2.24) is 24.7 Å². The number of aromatic nitrogens is 5. The van der Waals surface area contributed by atoms with Crippen LogP contribution in [0.3, 0.4) is 0 Å². The molecule has 11 heteroatoms. The van der Waals surface area contributed by atoms with E-state index < -0.39 is 29.2 Å². The molecule has 35 heavy (non-hydrogen) atoms. The van der Waals surface area contributed by atoms with Crippen molar-refractivity contribution in [1.29, 1.82) is 0 Å². The second kappa shape index (κ2) is 8.49. The van der Waals surface area contributed by atoms with Crippen molar-refractivity contribution in [2.45, 2.75) is 12.7 Å². The number of alkyl halides is 3. The fourth-order valence-corrected chi connectivity index (χ4v) is 3.51. The smallest absolute Gasteiger partial charge is 0.266 e. The fourth-order valence-electron chi connectivity index (χ4n) is 3.51. The molecule has 2 aliphatic heterocycles. The van der Waals surface area contributed by atoms with Crippen molar-refractivity contribution in [3.05, 3.63) is 95.7 Å². The molecule has 2 aliphatic rings. The highest BCUT2D eigenvalue weighted by Crippen LogP contribution is 2.32. The van der Waals surface area contributed by atoms with Crippen LogP contribution in [0.25, 0.3) is 34.0 Å². The Labute approximate surface area is 194 Å². The Morgan fingerprint density at radius 1 is 0.771 bits per heavy atom. The summed E-state index contributed by atoms with van der Waals surface area (Å²) in [7, 11) is 0. The molecule has 5 rings (SSSR count). The third-order valence-electron chi connectivity index (χ3n) is 5.25. The van der Waals surface area contributed by atoms with Crippen LogP contribution in [-0.2, 0) is 12.7 Å². The normalized spacial score (nSPS) is 11.8. The van der Waals surface area contributed by atoms with E-state index in [4.69, 9.17) is 0 Å². The minimum Gasteiger partial charge on any atom is -0.266 e. The van der Waals surface area contributed by atoms with Gasteiger partial charge in [0.1, 0.15) is 17.2 Å². The van der Waals surface area contributed by atoms with E-state index in [9.17, 15) is 26.3 Å². The molecule has 0 atom stereocenters. The Morgan fingerprint density at radius 3 is 2.29 bits per heavy atom. The third kappa shape index (κ3) is 4.44. The molecule has 2 aromatic carbocycles. The lowest BCUT2D eigenvalue weighted by Crippen LogP contribution is -2.06. The third-order valence-corrected chi connectivity index (χ3v) is 5.25. The zero-order valence-electron chi connectivity index (χ0n) is 17.6. The van der Waals surface area contributed by atoms with Crippen LogP contribution in [0.4, 0.5) is 26.3 Å². The number of pyridine rings is 1. The average Bonchev–Trinajstić information content (AvgIpc) is 3.24. The van der Waals surface area contributed by atoms with Crippen LogP contribution >= 0.6 is 0 Å². The topological polar surface area (TPSA) is 56.5 Å². The molecule has 0 radical (unpaired) electrons. The lowest BCUT2D eigenvalue weighted by atomic mass is 10.1. The molecule has 0 aliphatic carbocycles. The van der Waals surface area contributed by atoms with Crippen molar-refractivity contribution >= 4 is 0 Å². The van der Waals surface area contributed by atoms with Gasteiger partial charge in [-0.25, -0.2) is 23.1 Å². The Bertz CT molecular complexity index is 1490. The minimum absolute atomic E-state index is 0.0288. The average molecular weight is 485 g/mol. The van der Waals surface area contributed by atoms with Gasteiger partial charge < -0.3 is 0 Å². The van der Waals surface area contributed by atoms with Crippen molar-refractivity contribution in [2.24, 2.45) is 0 Å². The second-order valence-electron chi connectivity index (χ2n) is 7.63. The van der Waals surface area contributed by atoms with E-state index >= 15 is 0 Å². The summed E-state index contributed by atoms with van der Waals surface area (Å²) < 4.78 is 81.6. The van der Waals surface area contributed by atoms with Gasteiger partial charge in [0.25, 0.3) is 0 Å². The highest BCUT2D eigenvalue weighted by atomic mass is 19.4. The number of hydrogen-bond acceptors (Lipinski definition) is 4. The standard InChI is InChI=1S/C24H13F6N5/c25-17-3-1-2-16(22(17)27)23-33-20-10-32-35(12-21(20)34-23)11-13-4-7-19(31-9-13)15-6-5-14(8-18(15)26)24(28,29)30/h1-10,12H,11H2. The van der Waals surface area contributed by atoms with E-state index in [1.54, 1.807) is 12.3 Å². The summed E-state index contributed by atoms with van der Waals surface area (Å²) in [5.74, 6) is -3.04. The Balaban J connectivity index is 1.37. The number of hydrogen-bond donors (Lipinski definition) is 0. The number of imidazole rings is 1. The molecule has 0 saturated carbocycles. The van der Waals surface area contributed by atoms with Gasteiger partial charge in [-0.1, -0.05) is 12.1 Å². The van der Waals surface area contributed by atoms with Gasteiger partial charge in [0, 0.05) is 11.8 Å². The maximum atomic E-state index is 14.2. The summed E-state index contributed by atoms with van der Waals surface area (Å²) in [5.41, 5.74) is 0.461. The van der Waals surface area contributed by atoms with Gasteiger partial charge >= 0.3 is 6.18 Å². The first-order valence-electron chi connectivity index (χ1n) is 10.2. The molecule has 0 amide bonds. The van der Waals surface area contributed by atoms with Crippen LogP contribution in [0, 0.1) is 17.5 Å². The van der Waals surface area contributed by atoms with Crippen molar-refractivity contribution < 1.29 is 26.3 Å². The van der Waals surface area contributed by atoms with Crippen LogP contribution in [0.15, 0.2) is 67.1 Å². The van der Waals surface area contributed by atoms with Gasteiger partial charge in [-0.05, 0) is 42.0 Å². The first-order chi connectivity index (χ1) is 16.7. The number of halogens is 6. The molecule has 0 fully saturated rings. The molecule has 0 bridgehead atoms. The number of rotatable bonds is 4. The number of benzene rings is 2.